The number of amides is 1. The number of alkyl halides is 3. The van der Waals surface area contributed by atoms with Crippen LogP contribution in [0.1, 0.15) is 30.0 Å². The number of rotatable bonds is 9. The van der Waals surface area contributed by atoms with Gasteiger partial charge >= 0.3 is 6.18 Å². The first-order valence-electron chi connectivity index (χ1n) is 9.99. The lowest BCUT2D eigenvalue weighted by Gasteiger charge is -2.28. The van der Waals surface area contributed by atoms with E-state index in [0.29, 0.717) is 12.8 Å². The molecule has 2 atom stereocenters. The Balaban J connectivity index is 1.87. The fourth-order valence-corrected chi connectivity index (χ4v) is 4.86. The second-order valence-corrected chi connectivity index (χ2v) is 10.1. The normalized spacial score (nSPS) is 16.9. The summed E-state index contributed by atoms with van der Waals surface area (Å²) in [6.07, 6.45) is -4.18. The fourth-order valence-electron chi connectivity index (χ4n) is 3.29. The zero-order valence-corrected chi connectivity index (χ0v) is 18.1. The standard InChI is InChI=1S/C22H21F4N3O3S/c23-17-8-6-15(7-9-17)12-33(31,32)13-18(20(30)29-21(14-27)10-11-21)28-19(22(24,25)26)16-4-2-1-3-5-16/h1-9,18-19,28H,10-13H2,(H,29,30)/t18?,19-/m0/s1. The van der Waals surface area contributed by atoms with Gasteiger partial charge in [-0.3, -0.25) is 10.1 Å². The fraction of sp³-hybridized carbons (Fsp3) is 0.364. The Kier molecular flexibility index (Phi) is 7.09. The molecule has 0 bridgehead atoms. The summed E-state index contributed by atoms with van der Waals surface area (Å²) < 4.78 is 80.1. The number of hydrogen-bond donors (Lipinski definition) is 2. The van der Waals surface area contributed by atoms with E-state index in [9.17, 15) is 36.0 Å². The van der Waals surface area contributed by atoms with Gasteiger partial charge in [0.1, 0.15) is 23.4 Å². The molecule has 1 aliphatic rings. The largest absolute Gasteiger partial charge is 0.407 e. The quantitative estimate of drug-likeness (QED) is 0.534. The Hall–Kier alpha value is -2.97. The van der Waals surface area contributed by atoms with Crippen molar-refractivity contribution in [1.29, 1.82) is 5.26 Å². The van der Waals surface area contributed by atoms with Crippen LogP contribution in [-0.2, 0) is 20.4 Å². The first-order chi connectivity index (χ1) is 15.4. The molecular weight excluding hydrogens is 462 g/mol. The molecule has 11 heteroatoms. The van der Waals surface area contributed by atoms with Crippen LogP contribution in [0.15, 0.2) is 54.6 Å². The lowest BCUT2D eigenvalue weighted by atomic mass is 10.1. The maximum atomic E-state index is 13.8. The summed E-state index contributed by atoms with van der Waals surface area (Å²) in [5.74, 6) is -3.12. The average Bonchev–Trinajstić information content (AvgIpc) is 3.52. The van der Waals surface area contributed by atoms with E-state index >= 15 is 0 Å². The van der Waals surface area contributed by atoms with Crippen LogP contribution in [0, 0.1) is 17.1 Å². The van der Waals surface area contributed by atoms with E-state index in [2.05, 4.69) is 10.6 Å². The molecule has 2 aromatic carbocycles. The van der Waals surface area contributed by atoms with E-state index in [-0.39, 0.29) is 11.1 Å². The molecule has 0 spiro atoms. The molecule has 2 N–H and O–H groups in total. The van der Waals surface area contributed by atoms with Crippen molar-refractivity contribution in [2.75, 3.05) is 5.75 Å². The second-order valence-electron chi connectivity index (χ2n) is 7.97. The summed E-state index contributed by atoms with van der Waals surface area (Å²) in [5.41, 5.74) is -1.17. The molecule has 33 heavy (non-hydrogen) atoms. The molecule has 176 valence electrons. The molecule has 1 unspecified atom stereocenters. The van der Waals surface area contributed by atoms with Gasteiger partial charge < -0.3 is 5.32 Å². The van der Waals surface area contributed by atoms with Crippen LogP contribution in [0.25, 0.3) is 0 Å². The predicted octanol–water partition coefficient (Wildman–Crippen LogP) is 3.17. The van der Waals surface area contributed by atoms with Crippen LogP contribution in [0.2, 0.25) is 0 Å². The Morgan fingerprint density at radius 1 is 1.09 bits per heavy atom. The molecule has 0 heterocycles. The van der Waals surface area contributed by atoms with E-state index in [1.54, 1.807) is 0 Å². The highest BCUT2D eigenvalue weighted by Gasteiger charge is 2.48. The summed E-state index contributed by atoms with van der Waals surface area (Å²) >= 11 is 0. The van der Waals surface area contributed by atoms with Crippen molar-refractivity contribution in [1.82, 2.24) is 10.6 Å². The van der Waals surface area contributed by atoms with Crippen molar-refractivity contribution in [3.63, 3.8) is 0 Å². The minimum absolute atomic E-state index is 0.194. The van der Waals surface area contributed by atoms with Crippen molar-refractivity contribution < 1.29 is 30.8 Å². The van der Waals surface area contributed by atoms with Crippen molar-refractivity contribution >= 4 is 15.7 Å². The van der Waals surface area contributed by atoms with Gasteiger partial charge in [0.2, 0.25) is 5.91 Å². The Morgan fingerprint density at radius 3 is 2.21 bits per heavy atom. The second kappa shape index (κ2) is 9.49. The molecule has 6 nitrogen and oxygen atoms in total. The van der Waals surface area contributed by atoms with Gasteiger partial charge in [0.05, 0.1) is 17.6 Å². The van der Waals surface area contributed by atoms with Crippen molar-refractivity contribution in [3.05, 3.63) is 71.5 Å². The van der Waals surface area contributed by atoms with Crippen LogP contribution in [0.5, 0.6) is 0 Å². The van der Waals surface area contributed by atoms with Gasteiger partial charge in [0.15, 0.2) is 9.84 Å². The summed E-state index contributed by atoms with van der Waals surface area (Å²) in [4.78, 5) is 12.8. The number of carbonyl (C=O) groups excluding carboxylic acids is 1. The van der Waals surface area contributed by atoms with Crippen molar-refractivity contribution in [3.8, 4) is 6.07 Å². The topological polar surface area (TPSA) is 99.1 Å². The minimum atomic E-state index is -4.83. The Labute approximate surface area is 188 Å². The van der Waals surface area contributed by atoms with Gasteiger partial charge in [0, 0.05) is 0 Å². The van der Waals surface area contributed by atoms with Gasteiger partial charge in [-0.25, -0.2) is 12.8 Å². The number of halogens is 4. The number of nitriles is 1. The van der Waals surface area contributed by atoms with E-state index in [1.165, 1.54) is 42.5 Å². The van der Waals surface area contributed by atoms with Gasteiger partial charge in [-0.1, -0.05) is 42.5 Å². The number of carbonyl (C=O) groups is 1. The Bertz CT molecular complexity index is 1130. The minimum Gasteiger partial charge on any atom is -0.336 e. The van der Waals surface area contributed by atoms with Crippen LogP contribution < -0.4 is 10.6 Å². The van der Waals surface area contributed by atoms with Crippen LogP contribution in [0.3, 0.4) is 0 Å². The van der Waals surface area contributed by atoms with Gasteiger partial charge in [-0.05, 0) is 36.1 Å². The molecule has 1 amide bonds. The molecule has 0 aromatic heterocycles. The lowest BCUT2D eigenvalue weighted by molar-refractivity contribution is -0.160. The number of sulfone groups is 1. The average molecular weight is 483 g/mol. The van der Waals surface area contributed by atoms with Crippen LogP contribution in [-0.4, -0.2) is 37.8 Å². The molecule has 2 aromatic rings. The molecule has 0 saturated heterocycles. The van der Waals surface area contributed by atoms with Gasteiger partial charge in [-0.15, -0.1) is 0 Å². The first kappa shape index (κ1) is 24.7. The smallest absolute Gasteiger partial charge is 0.336 e. The summed E-state index contributed by atoms with van der Waals surface area (Å²) in [5, 5.41) is 13.7. The van der Waals surface area contributed by atoms with Gasteiger partial charge in [0.25, 0.3) is 0 Å². The number of hydrogen-bond acceptors (Lipinski definition) is 5. The summed E-state index contributed by atoms with van der Waals surface area (Å²) in [6.45, 7) is 0. The third-order valence-electron chi connectivity index (χ3n) is 5.19. The third kappa shape index (κ3) is 6.76. The monoisotopic (exact) mass is 483 g/mol. The zero-order valence-electron chi connectivity index (χ0n) is 17.3. The number of nitrogens with one attached hydrogen (secondary N) is 2. The maximum absolute atomic E-state index is 13.8. The Morgan fingerprint density at radius 2 is 1.70 bits per heavy atom. The highest BCUT2D eigenvalue weighted by atomic mass is 32.2. The molecule has 0 radical (unpaired) electrons. The highest BCUT2D eigenvalue weighted by molar-refractivity contribution is 7.90. The molecular formula is C22H21F4N3O3S. The van der Waals surface area contributed by atoms with E-state index in [4.69, 9.17) is 0 Å². The van der Waals surface area contributed by atoms with Crippen molar-refractivity contribution in [2.24, 2.45) is 0 Å². The summed E-state index contributed by atoms with van der Waals surface area (Å²) in [6, 6.07) is 9.15. The van der Waals surface area contributed by atoms with Crippen molar-refractivity contribution in [2.45, 2.75) is 42.4 Å². The SMILES string of the molecule is N#CC1(NC(=O)C(CS(=O)(=O)Cc2ccc(F)cc2)N[C@@H](c2ccccc2)C(F)(F)F)CC1. The third-order valence-corrected chi connectivity index (χ3v) is 6.81. The first-order valence-corrected chi connectivity index (χ1v) is 11.8. The lowest BCUT2D eigenvalue weighted by Crippen LogP contribution is -2.54. The maximum Gasteiger partial charge on any atom is 0.407 e. The molecule has 1 fully saturated rings. The molecule has 1 saturated carbocycles. The van der Waals surface area contributed by atoms with Crippen LogP contribution >= 0.6 is 0 Å². The zero-order chi connectivity index (χ0) is 24.3. The molecule has 3 rings (SSSR count). The molecule has 1 aliphatic carbocycles. The predicted molar refractivity (Wildman–Crippen MR) is 112 cm³/mol. The van der Waals surface area contributed by atoms with Gasteiger partial charge in [-0.2, -0.15) is 18.4 Å². The van der Waals surface area contributed by atoms with E-state index in [0.717, 1.165) is 12.1 Å². The van der Waals surface area contributed by atoms with E-state index < -0.39 is 56.9 Å². The molecule has 0 aliphatic heterocycles. The number of benzene rings is 2. The van der Waals surface area contributed by atoms with Crippen LogP contribution in [0.4, 0.5) is 17.6 Å². The van der Waals surface area contributed by atoms with E-state index in [1.807, 2.05) is 6.07 Å². The summed E-state index contributed by atoms with van der Waals surface area (Å²) in [7, 11) is -4.10. The number of nitrogens with zero attached hydrogens (tertiary/aromatic N) is 1. The highest BCUT2D eigenvalue weighted by Crippen LogP contribution is 2.35.